The van der Waals surface area contributed by atoms with E-state index >= 15 is 0 Å². The summed E-state index contributed by atoms with van der Waals surface area (Å²) in [6, 6.07) is 16.3. The Morgan fingerprint density at radius 1 is 1.03 bits per heavy atom. The molecule has 2 aliphatic heterocycles. The molecule has 1 aromatic heterocycles. The third kappa shape index (κ3) is 4.82. The smallest absolute Gasteiger partial charge is 0.416 e. The Labute approximate surface area is 206 Å². The molecule has 9 heteroatoms. The van der Waals surface area contributed by atoms with Crippen molar-refractivity contribution in [2.24, 2.45) is 5.92 Å². The summed E-state index contributed by atoms with van der Waals surface area (Å²) in [7, 11) is 0. The molecule has 188 valence electrons. The van der Waals surface area contributed by atoms with Gasteiger partial charge in [0, 0.05) is 31.9 Å². The van der Waals surface area contributed by atoms with Crippen LogP contribution in [0.15, 0.2) is 71.3 Å². The summed E-state index contributed by atoms with van der Waals surface area (Å²) >= 11 is 0. The number of nitrogens with one attached hydrogen (secondary N) is 1. The lowest BCUT2D eigenvalue weighted by Gasteiger charge is -2.49. The lowest BCUT2D eigenvalue weighted by Crippen LogP contribution is -2.62. The number of amides is 2. The lowest BCUT2D eigenvalue weighted by molar-refractivity contribution is -0.137. The van der Waals surface area contributed by atoms with Crippen LogP contribution in [0.25, 0.3) is 0 Å². The number of nitrogens with zero attached hydrogens (tertiary/aromatic N) is 2. The number of fused-ring (bicyclic) bond motifs is 3. The molecule has 0 spiro atoms. The van der Waals surface area contributed by atoms with Crippen molar-refractivity contribution in [3.63, 3.8) is 0 Å². The van der Waals surface area contributed by atoms with Gasteiger partial charge in [0.1, 0.15) is 0 Å². The SMILES string of the molecule is O=C(NCCc1ccccc1)[C@H]1Cc2cc(C(F)(F)F)ccc2N2CCN(C(=O)c3ccco3)C[C@@H]12. The molecule has 5 rings (SSSR count). The number of benzene rings is 2. The molecule has 0 radical (unpaired) electrons. The number of alkyl halides is 3. The zero-order chi connectivity index (χ0) is 25.3. The quantitative estimate of drug-likeness (QED) is 0.575. The molecule has 1 N–H and O–H groups in total. The van der Waals surface area contributed by atoms with E-state index in [0.717, 1.165) is 17.7 Å². The van der Waals surface area contributed by atoms with Crippen molar-refractivity contribution >= 4 is 17.5 Å². The fourth-order valence-electron chi connectivity index (χ4n) is 5.15. The second-order valence-electron chi connectivity index (χ2n) is 9.17. The van der Waals surface area contributed by atoms with Crippen molar-refractivity contribution in [1.29, 1.82) is 0 Å². The molecule has 2 aromatic carbocycles. The molecule has 2 amide bonds. The molecule has 2 atom stereocenters. The number of piperazine rings is 1. The van der Waals surface area contributed by atoms with Crippen molar-refractivity contribution in [2.45, 2.75) is 25.1 Å². The van der Waals surface area contributed by atoms with Crippen LogP contribution in [0.1, 0.15) is 27.2 Å². The molecular weight excluding hydrogens is 471 g/mol. The van der Waals surface area contributed by atoms with Crippen LogP contribution in [0.4, 0.5) is 18.9 Å². The van der Waals surface area contributed by atoms with E-state index in [1.54, 1.807) is 17.0 Å². The Bertz CT molecular complexity index is 1230. The second-order valence-corrected chi connectivity index (χ2v) is 9.17. The van der Waals surface area contributed by atoms with Gasteiger partial charge in [0.25, 0.3) is 5.91 Å². The first-order chi connectivity index (χ1) is 17.3. The van der Waals surface area contributed by atoms with E-state index in [-0.39, 0.29) is 36.6 Å². The maximum Gasteiger partial charge on any atom is 0.416 e. The first-order valence-electron chi connectivity index (χ1n) is 11.9. The Balaban J connectivity index is 1.39. The van der Waals surface area contributed by atoms with Gasteiger partial charge in [-0.2, -0.15) is 13.2 Å². The maximum atomic E-state index is 13.4. The van der Waals surface area contributed by atoms with Gasteiger partial charge in [0.05, 0.1) is 23.8 Å². The molecule has 0 aliphatic carbocycles. The Morgan fingerprint density at radius 2 is 1.83 bits per heavy atom. The monoisotopic (exact) mass is 497 g/mol. The number of hydrogen-bond acceptors (Lipinski definition) is 4. The number of rotatable bonds is 5. The van der Waals surface area contributed by atoms with Crippen LogP contribution in [0, 0.1) is 5.92 Å². The minimum Gasteiger partial charge on any atom is -0.459 e. The third-order valence-corrected chi connectivity index (χ3v) is 6.95. The summed E-state index contributed by atoms with van der Waals surface area (Å²) in [6.07, 6.45) is -2.22. The van der Waals surface area contributed by atoms with Gasteiger partial charge in [-0.05, 0) is 54.3 Å². The number of carbonyl (C=O) groups is 2. The number of anilines is 1. The van der Waals surface area contributed by atoms with Crippen molar-refractivity contribution < 1.29 is 27.2 Å². The Morgan fingerprint density at radius 3 is 2.56 bits per heavy atom. The topological polar surface area (TPSA) is 65.8 Å². The van der Waals surface area contributed by atoms with Crippen LogP contribution in [0.2, 0.25) is 0 Å². The molecule has 0 saturated carbocycles. The van der Waals surface area contributed by atoms with Crippen LogP contribution in [0.3, 0.4) is 0 Å². The van der Waals surface area contributed by atoms with E-state index in [1.165, 1.54) is 12.3 Å². The van der Waals surface area contributed by atoms with Gasteiger partial charge in [-0.15, -0.1) is 0 Å². The summed E-state index contributed by atoms with van der Waals surface area (Å²) in [6.45, 7) is 1.47. The zero-order valence-corrected chi connectivity index (χ0v) is 19.5. The fourth-order valence-corrected chi connectivity index (χ4v) is 5.15. The van der Waals surface area contributed by atoms with Crippen molar-refractivity contribution in [1.82, 2.24) is 10.2 Å². The van der Waals surface area contributed by atoms with E-state index in [2.05, 4.69) is 5.32 Å². The highest BCUT2D eigenvalue weighted by atomic mass is 19.4. The molecular formula is C27H26F3N3O3. The van der Waals surface area contributed by atoms with E-state index in [4.69, 9.17) is 4.42 Å². The van der Waals surface area contributed by atoms with E-state index < -0.39 is 17.7 Å². The van der Waals surface area contributed by atoms with Crippen molar-refractivity contribution in [3.05, 3.63) is 89.4 Å². The average Bonchev–Trinajstić information content (AvgIpc) is 3.42. The summed E-state index contributed by atoms with van der Waals surface area (Å²) < 4.78 is 45.5. The van der Waals surface area contributed by atoms with Crippen molar-refractivity contribution in [3.8, 4) is 0 Å². The highest BCUT2D eigenvalue weighted by Crippen LogP contribution is 2.40. The largest absolute Gasteiger partial charge is 0.459 e. The molecule has 36 heavy (non-hydrogen) atoms. The minimum atomic E-state index is -4.46. The van der Waals surface area contributed by atoms with Gasteiger partial charge in [0.15, 0.2) is 5.76 Å². The summed E-state index contributed by atoms with van der Waals surface area (Å²) in [5, 5.41) is 2.97. The van der Waals surface area contributed by atoms with Gasteiger partial charge < -0.3 is 19.5 Å². The number of carbonyl (C=O) groups excluding carboxylic acids is 2. The zero-order valence-electron chi connectivity index (χ0n) is 19.5. The van der Waals surface area contributed by atoms with Gasteiger partial charge in [-0.25, -0.2) is 0 Å². The number of furan rings is 1. The molecule has 3 heterocycles. The van der Waals surface area contributed by atoms with Crippen molar-refractivity contribution in [2.75, 3.05) is 31.1 Å². The van der Waals surface area contributed by atoms with E-state index in [1.807, 2.05) is 35.2 Å². The number of halogens is 3. The van der Waals surface area contributed by atoms with Crippen LogP contribution in [-0.2, 0) is 23.8 Å². The molecule has 2 aliphatic rings. The second kappa shape index (κ2) is 9.72. The van der Waals surface area contributed by atoms with E-state index in [9.17, 15) is 22.8 Å². The summed E-state index contributed by atoms with van der Waals surface area (Å²) in [5.41, 5.74) is 1.53. The van der Waals surface area contributed by atoms with E-state index in [0.29, 0.717) is 37.3 Å². The van der Waals surface area contributed by atoms with Crippen LogP contribution in [-0.4, -0.2) is 48.9 Å². The molecule has 0 bridgehead atoms. The number of hydrogen-bond donors (Lipinski definition) is 1. The normalized spacial score (nSPS) is 19.4. The molecule has 6 nitrogen and oxygen atoms in total. The fraction of sp³-hybridized carbons (Fsp3) is 0.333. The van der Waals surface area contributed by atoms with Crippen LogP contribution in [0.5, 0.6) is 0 Å². The van der Waals surface area contributed by atoms with Gasteiger partial charge in [0.2, 0.25) is 5.91 Å². The van der Waals surface area contributed by atoms with Crippen LogP contribution >= 0.6 is 0 Å². The first kappa shape index (κ1) is 24.0. The average molecular weight is 498 g/mol. The predicted molar refractivity (Wildman–Crippen MR) is 128 cm³/mol. The van der Waals surface area contributed by atoms with Gasteiger partial charge >= 0.3 is 6.18 Å². The maximum absolute atomic E-state index is 13.4. The van der Waals surface area contributed by atoms with Crippen LogP contribution < -0.4 is 10.2 Å². The highest BCUT2D eigenvalue weighted by Gasteiger charge is 2.43. The van der Waals surface area contributed by atoms with Gasteiger partial charge in [-0.3, -0.25) is 9.59 Å². The predicted octanol–water partition coefficient (Wildman–Crippen LogP) is 4.16. The molecule has 0 unspecified atom stereocenters. The lowest BCUT2D eigenvalue weighted by atomic mass is 9.82. The first-order valence-corrected chi connectivity index (χ1v) is 11.9. The summed E-state index contributed by atoms with van der Waals surface area (Å²) in [5.74, 6) is -0.875. The molecule has 1 saturated heterocycles. The standard InChI is InChI=1S/C27H26F3N3O3/c28-27(29,30)20-8-9-22-19(15-20)16-21(25(34)31-11-10-18-5-2-1-3-6-18)23-17-32(12-13-33(22)23)26(35)24-7-4-14-36-24/h1-9,14-15,21,23H,10-13,16-17H2,(H,31,34)/t21-,23-/m0/s1. The Kier molecular flexibility index (Phi) is 6.47. The van der Waals surface area contributed by atoms with Gasteiger partial charge in [-0.1, -0.05) is 30.3 Å². The molecule has 3 aromatic rings. The minimum absolute atomic E-state index is 0.167. The third-order valence-electron chi connectivity index (χ3n) is 6.95. The summed E-state index contributed by atoms with van der Waals surface area (Å²) in [4.78, 5) is 29.9. The Hall–Kier alpha value is -3.75. The highest BCUT2D eigenvalue weighted by molar-refractivity contribution is 5.92. The molecule has 1 fully saturated rings.